The largest absolute Gasteiger partial charge is 0.363 e. The maximum Gasteiger partial charge on any atom is 0.108 e. The average molecular weight is 208 g/mol. The first-order valence-corrected chi connectivity index (χ1v) is 5.95. The molecule has 2 aliphatic heterocycles. The highest BCUT2D eigenvalue weighted by atomic mass is 16.5. The fourth-order valence-electron chi connectivity index (χ4n) is 1.88. The molecule has 0 amide bonds. The van der Waals surface area contributed by atoms with E-state index in [2.05, 4.69) is 22.1 Å². The summed E-state index contributed by atoms with van der Waals surface area (Å²) in [6, 6.07) is 0. The van der Waals surface area contributed by atoms with E-state index in [4.69, 9.17) is 4.74 Å². The number of hydrogen-bond donors (Lipinski definition) is 1. The molecule has 0 aliphatic carbocycles. The van der Waals surface area contributed by atoms with Crippen LogP contribution in [0.15, 0.2) is 0 Å². The zero-order chi connectivity index (χ0) is 10.3. The minimum atomic E-state index is 0.411. The lowest BCUT2D eigenvalue weighted by molar-refractivity contribution is 0.0394. The van der Waals surface area contributed by atoms with Crippen molar-refractivity contribution in [2.45, 2.75) is 25.4 Å². The van der Waals surface area contributed by atoms with Crippen molar-refractivity contribution in [2.75, 3.05) is 39.3 Å². The molecule has 2 aliphatic rings. The SMILES string of the molecule is C(#CCN1CCCCC1)COC1CNC1. The molecule has 0 aromatic carbocycles. The molecule has 0 unspecified atom stereocenters. The van der Waals surface area contributed by atoms with Crippen LogP contribution >= 0.6 is 0 Å². The zero-order valence-corrected chi connectivity index (χ0v) is 9.30. The molecule has 2 saturated heterocycles. The second-order valence-electron chi connectivity index (χ2n) is 4.28. The number of rotatable bonds is 3. The molecule has 2 rings (SSSR count). The first kappa shape index (κ1) is 10.9. The van der Waals surface area contributed by atoms with Gasteiger partial charge in [-0.1, -0.05) is 18.3 Å². The van der Waals surface area contributed by atoms with Gasteiger partial charge < -0.3 is 10.1 Å². The van der Waals surface area contributed by atoms with Crippen molar-refractivity contribution < 1.29 is 4.74 Å². The maximum absolute atomic E-state index is 5.51. The smallest absolute Gasteiger partial charge is 0.108 e. The van der Waals surface area contributed by atoms with E-state index in [1.54, 1.807) is 0 Å². The van der Waals surface area contributed by atoms with E-state index in [1.807, 2.05) is 0 Å². The highest BCUT2D eigenvalue weighted by molar-refractivity contribution is 5.02. The lowest BCUT2D eigenvalue weighted by atomic mass is 10.1. The van der Waals surface area contributed by atoms with Crippen LogP contribution in [0, 0.1) is 11.8 Å². The van der Waals surface area contributed by atoms with Crippen LogP contribution in [0.3, 0.4) is 0 Å². The molecule has 0 saturated carbocycles. The molecular weight excluding hydrogens is 188 g/mol. The standard InChI is InChI=1S/C12H20N2O/c1-2-6-14(7-3-1)8-4-5-9-15-12-10-13-11-12/h12-13H,1-3,6-11H2. The molecule has 0 atom stereocenters. The third-order valence-corrected chi connectivity index (χ3v) is 3.01. The Hall–Kier alpha value is -0.560. The highest BCUT2D eigenvalue weighted by Crippen LogP contribution is 2.07. The number of piperidine rings is 1. The predicted molar refractivity (Wildman–Crippen MR) is 60.7 cm³/mol. The fourth-order valence-corrected chi connectivity index (χ4v) is 1.88. The van der Waals surface area contributed by atoms with Gasteiger partial charge in [-0.2, -0.15) is 0 Å². The van der Waals surface area contributed by atoms with Crippen molar-refractivity contribution in [3.8, 4) is 11.8 Å². The minimum Gasteiger partial charge on any atom is -0.363 e. The van der Waals surface area contributed by atoms with E-state index < -0.39 is 0 Å². The molecule has 3 heteroatoms. The van der Waals surface area contributed by atoms with Gasteiger partial charge in [-0.3, -0.25) is 4.90 Å². The first-order chi connectivity index (χ1) is 7.45. The zero-order valence-electron chi connectivity index (χ0n) is 9.30. The summed E-state index contributed by atoms with van der Waals surface area (Å²) in [5, 5.41) is 3.17. The summed E-state index contributed by atoms with van der Waals surface area (Å²) >= 11 is 0. The van der Waals surface area contributed by atoms with Crippen LogP contribution in [0.5, 0.6) is 0 Å². The molecule has 15 heavy (non-hydrogen) atoms. The topological polar surface area (TPSA) is 24.5 Å². The number of likely N-dealkylation sites (tertiary alicyclic amines) is 1. The van der Waals surface area contributed by atoms with Gasteiger partial charge >= 0.3 is 0 Å². The molecule has 2 heterocycles. The van der Waals surface area contributed by atoms with Crippen molar-refractivity contribution in [3.05, 3.63) is 0 Å². The van der Waals surface area contributed by atoms with Gasteiger partial charge in [0.15, 0.2) is 0 Å². The Morgan fingerprint density at radius 1 is 1.13 bits per heavy atom. The summed E-state index contributed by atoms with van der Waals surface area (Å²) in [7, 11) is 0. The highest BCUT2D eigenvalue weighted by Gasteiger charge is 2.15. The van der Waals surface area contributed by atoms with Crippen LogP contribution in [-0.4, -0.2) is 50.3 Å². The Balaban J connectivity index is 1.53. The van der Waals surface area contributed by atoms with Crippen LogP contribution < -0.4 is 5.32 Å². The van der Waals surface area contributed by atoms with Gasteiger partial charge in [0.05, 0.1) is 12.6 Å². The van der Waals surface area contributed by atoms with Gasteiger partial charge in [0.25, 0.3) is 0 Å². The van der Waals surface area contributed by atoms with Crippen molar-refractivity contribution in [1.82, 2.24) is 10.2 Å². The van der Waals surface area contributed by atoms with Gasteiger partial charge in [0.2, 0.25) is 0 Å². The third kappa shape index (κ3) is 3.83. The Morgan fingerprint density at radius 2 is 1.93 bits per heavy atom. The normalized spacial score (nSPS) is 22.9. The molecule has 0 bridgehead atoms. The monoisotopic (exact) mass is 208 g/mol. The molecule has 0 aromatic heterocycles. The number of hydrogen-bond acceptors (Lipinski definition) is 3. The summed E-state index contributed by atoms with van der Waals surface area (Å²) in [5.74, 6) is 6.28. The van der Waals surface area contributed by atoms with Crippen LogP contribution in [0.4, 0.5) is 0 Å². The van der Waals surface area contributed by atoms with Gasteiger partial charge in [-0.05, 0) is 25.9 Å². The van der Waals surface area contributed by atoms with Gasteiger partial charge in [-0.25, -0.2) is 0 Å². The fraction of sp³-hybridized carbons (Fsp3) is 0.833. The van der Waals surface area contributed by atoms with E-state index in [0.717, 1.165) is 19.6 Å². The van der Waals surface area contributed by atoms with E-state index in [9.17, 15) is 0 Å². The van der Waals surface area contributed by atoms with Crippen molar-refractivity contribution in [1.29, 1.82) is 0 Å². The second kappa shape index (κ2) is 6.12. The van der Waals surface area contributed by atoms with E-state index >= 15 is 0 Å². The van der Waals surface area contributed by atoms with E-state index in [1.165, 1.54) is 32.4 Å². The molecular formula is C12H20N2O. The molecule has 3 nitrogen and oxygen atoms in total. The Kier molecular flexibility index (Phi) is 4.46. The average Bonchev–Trinajstić information content (AvgIpc) is 2.22. The molecule has 0 aromatic rings. The summed E-state index contributed by atoms with van der Waals surface area (Å²) in [6.07, 6.45) is 4.48. The summed E-state index contributed by atoms with van der Waals surface area (Å²) in [6.45, 7) is 5.96. The van der Waals surface area contributed by atoms with E-state index in [-0.39, 0.29) is 0 Å². The second-order valence-corrected chi connectivity index (χ2v) is 4.28. The van der Waals surface area contributed by atoms with Gasteiger partial charge in [-0.15, -0.1) is 0 Å². The van der Waals surface area contributed by atoms with Crippen molar-refractivity contribution >= 4 is 0 Å². The quantitative estimate of drug-likeness (QED) is 0.682. The van der Waals surface area contributed by atoms with Crippen LogP contribution in [-0.2, 0) is 4.74 Å². The first-order valence-electron chi connectivity index (χ1n) is 5.95. The number of ether oxygens (including phenoxy) is 1. The minimum absolute atomic E-state index is 0.411. The van der Waals surface area contributed by atoms with Gasteiger partial charge in [0.1, 0.15) is 6.61 Å². The third-order valence-electron chi connectivity index (χ3n) is 3.01. The summed E-state index contributed by atoms with van der Waals surface area (Å²) in [4.78, 5) is 2.43. The molecule has 2 fully saturated rings. The molecule has 0 spiro atoms. The van der Waals surface area contributed by atoms with Crippen molar-refractivity contribution in [3.63, 3.8) is 0 Å². The Morgan fingerprint density at radius 3 is 2.60 bits per heavy atom. The van der Waals surface area contributed by atoms with Crippen molar-refractivity contribution in [2.24, 2.45) is 0 Å². The molecule has 1 N–H and O–H groups in total. The lowest BCUT2D eigenvalue weighted by Gasteiger charge is -2.26. The maximum atomic E-state index is 5.51. The van der Waals surface area contributed by atoms with Crippen LogP contribution in [0.25, 0.3) is 0 Å². The summed E-state index contributed by atoms with van der Waals surface area (Å²) in [5.41, 5.74) is 0. The van der Waals surface area contributed by atoms with Gasteiger partial charge in [0, 0.05) is 13.1 Å². The Bertz CT molecular complexity index is 234. The molecule has 0 radical (unpaired) electrons. The lowest BCUT2D eigenvalue weighted by Crippen LogP contribution is -2.48. The molecule has 84 valence electrons. The Labute approximate surface area is 92.2 Å². The number of nitrogens with zero attached hydrogens (tertiary/aromatic N) is 1. The van der Waals surface area contributed by atoms with E-state index in [0.29, 0.717) is 12.7 Å². The van der Waals surface area contributed by atoms with Crippen LogP contribution in [0.2, 0.25) is 0 Å². The summed E-state index contributed by atoms with van der Waals surface area (Å²) < 4.78 is 5.51. The number of nitrogens with one attached hydrogen (secondary N) is 1. The van der Waals surface area contributed by atoms with Crippen LogP contribution in [0.1, 0.15) is 19.3 Å². The predicted octanol–water partition coefficient (Wildman–Crippen LogP) is 0.464.